The molecule has 3 rings (SSSR count). The zero-order valence-electron chi connectivity index (χ0n) is 16.9. The van der Waals surface area contributed by atoms with Gasteiger partial charge in [0.1, 0.15) is 23.6 Å². The van der Waals surface area contributed by atoms with Crippen LogP contribution in [0.1, 0.15) is 30.8 Å². The molecular weight excluding hydrogens is 354 g/mol. The van der Waals surface area contributed by atoms with Crippen LogP contribution >= 0.6 is 0 Å². The van der Waals surface area contributed by atoms with Crippen LogP contribution in [-0.2, 0) is 0 Å². The maximum Gasteiger partial charge on any atom is 0.270 e. The van der Waals surface area contributed by atoms with Gasteiger partial charge in [0.05, 0.1) is 7.11 Å². The molecule has 0 radical (unpaired) electrons. The van der Waals surface area contributed by atoms with Crippen LogP contribution in [0.5, 0.6) is 5.75 Å². The van der Waals surface area contributed by atoms with Crippen LogP contribution in [-0.4, -0.2) is 55.7 Å². The van der Waals surface area contributed by atoms with Crippen molar-refractivity contribution in [2.75, 3.05) is 49.6 Å². The second-order valence-corrected chi connectivity index (χ2v) is 7.37. The van der Waals surface area contributed by atoms with Crippen molar-refractivity contribution in [3.63, 3.8) is 0 Å². The number of anilines is 2. The highest BCUT2D eigenvalue weighted by Gasteiger charge is 2.20. The molecule has 1 saturated heterocycles. The van der Waals surface area contributed by atoms with Crippen LogP contribution in [0.25, 0.3) is 0 Å². The number of nitrogens with one attached hydrogen (secondary N) is 1. The Balaban J connectivity index is 1.57. The summed E-state index contributed by atoms with van der Waals surface area (Å²) in [4.78, 5) is 25.4. The van der Waals surface area contributed by atoms with Gasteiger partial charge in [0.15, 0.2) is 0 Å². The van der Waals surface area contributed by atoms with Gasteiger partial charge in [-0.1, -0.05) is 13.8 Å². The molecule has 0 unspecified atom stereocenters. The molecule has 0 saturated carbocycles. The van der Waals surface area contributed by atoms with Gasteiger partial charge in [0.25, 0.3) is 5.91 Å². The summed E-state index contributed by atoms with van der Waals surface area (Å²) in [5.74, 6) is 2.09. The highest BCUT2D eigenvalue weighted by Crippen LogP contribution is 2.22. The van der Waals surface area contributed by atoms with Gasteiger partial charge in [-0.25, -0.2) is 9.97 Å². The molecule has 1 aromatic heterocycles. The van der Waals surface area contributed by atoms with Gasteiger partial charge >= 0.3 is 0 Å². The van der Waals surface area contributed by atoms with E-state index in [-0.39, 0.29) is 5.91 Å². The smallest absolute Gasteiger partial charge is 0.270 e. The summed E-state index contributed by atoms with van der Waals surface area (Å²) in [6.07, 6.45) is 2.43. The molecule has 0 atom stereocenters. The Labute approximate surface area is 166 Å². The van der Waals surface area contributed by atoms with Crippen LogP contribution in [0.2, 0.25) is 0 Å². The van der Waals surface area contributed by atoms with E-state index in [0.29, 0.717) is 18.2 Å². The summed E-state index contributed by atoms with van der Waals surface area (Å²) >= 11 is 0. The molecule has 0 bridgehead atoms. The predicted molar refractivity (Wildman–Crippen MR) is 111 cm³/mol. The molecule has 2 aromatic rings. The molecule has 7 nitrogen and oxygen atoms in total. The standard InChI is InChI=1S/C21H29N5O2/c1-16(2)8-9-22-21(27)19-14-20(24-15-23-19)26-12-10-25(11-13-26)17-4-6-18(28-3)7-5-17/h4-7,14-16H,8-13H2,1-3H3,(H,22,27). The summed E-state index contributed by atoms with van der Waals surface area (Å²) in [5, 5.41) is 2.93. The number of aromatic nitrogens is 2. The molecule has 150 valence electrons. The zero-order valence-corrected chi connectivity index (χ0v) is 16.9. The third kappa shape index (κ3) is 5.12. The Hall–Kier alpha value is -2.83. The van der Waals surface area contributed by atoms with Gasteiger partial charge in [-0.2, -0.15) is 0 Å². The molecule has 2 heterocycles. The minimum atomic E-state index is -0.138. The van der Waals surface area contributed by atoms with Crippen molar-refractivity contribution in [1.82, 2.24) is 15.3 Å². The average molecular weight is 383 g/mol. The maximum absolute atomic E-state index is 12.3. The lowest BCUT2D eigenvalue weighted by atomic mass is 10.1. The highest BCUT2D eigenvalue weighted by atomic mass is 16.5. The van der Waals surface area contributed by atoms with Crippen molar-refractivity contribution in [2.24, 2.45) is 5.92 Å². The minimum absolute atomic E-state index is 0.138. The van der Waals surface area contributed by atoms with Gasteiger partial charge in [-0.15, -0.1) is 0 Å². The van der Waals surface area contributed by atoms with E-state index in [1.165, 1.54) is 12.0 Å². The van der Waals surface area contributed by atoms with Crippen molar-refractivity contribution < 1.29 is 9.53 Å². The third-order valence-corrected chi connectivity index (χ3v) is 4.93. The monoisotopic (exact) mass is 383 g/mol. The zero-order chi connectivity index (χ0) is 19.9. The van der Waals surface area contributed by atoms with Gasteiger partial charge in [0.2, 0.25) is 0 Å². The van der Waals surface area contributed by atoms with Crippen molar-refractivity contribution in [3.05, 3.63) is 42.4 Å². The van der Waals surface area contributed by atoms with Crippen LogP contribution in [0.15, 0.2) is 36.7 Å². The van der Waals surface area contributed by atoms with Crippen molar-refractivity contribution in [2.45, 2.75) is 20.3 Å². The molecule has 0 aliphatic carbocycles. The first kappa shape index (κ1) is 19.9. The number of amides is 1. The van der Waals surface area contributed by atoms with E-state index < -0.39 is 0 Å². The lowest BCUT2D eigenvalue weighted by Gasteiger charge is -2.36. The average Bonchev–Trinajstić information content (AvgIpc) is 2.74. The molecule has 28 heavy (non-hydrogen) atoms. The third-order valence-electron chi connectivity index (χ3n) is 4.93. The number of hydrogen-bond donors (Lipinski definition) is 1. The van der Waals surface area contributed by atoms with Gasteiger partial charge < -0.3 is 19.9 Å². The Kier molecular flexibility index (Phi) is 6.68. The Morgan fingerprint density at radius 3 is 2.43 bits per heavy atom. The largest absolute Gasteiger partial charge is 0.497 e. The van der Waals surface area contributed by atoms with Crippen LogP contribution < -0.4 is 19.9 Å². The molecule has 1 amide bonds. The molecule has 1 aliphatic heterocycles. The number of carbonyl (C=O) groups excluding carboxylic acids is 1. The number of piperazine rings is 1. The molecule has 1 aromatic carbocycles. The molecule has 0 spiro atoms. The Morgan fingerprint density at radius 1 is 1.11 bits per heavy atom. The lowest BCUT2D eigenvalue weighted by molar-refractivity contribution is 0.0947. The normalized spacial score (nSPS) is 14.3. The van der Waals surface area contributed by atoms with Crippen LogP contribution in [0.3, 0.4) is 0 Å². The van der Waals surface area contributed by atoms with Crippen molar-refractivity contribution in [3.8, 4) is 5.75 Å². The molecule has 1 fully saturated rings. The molecule has 7 heteroatoms. The number of ether oxygens (including phenoxy) is 1. The van der Waals surface area contributed by atoms with Crippen LogP contribution in [0, 0.1) is 5.92 Å². The first-order chi connectivity index (χ1) is 13.6. The summed E-state index contributed by atoms with van der Waals surface area (Å²) < 4.78 is 5.22. The molecule has 1 N–H and O–H groups in total. The summed E-state index contributed by atoms with van der Waals surface area (Å²) in [7, 11) is 1.67. The second kappa shape index (κ2) is 9.39. The topological polar surface area (TPSA) is 70.6 Å². The number of nitrogens with zero attached hydrogens (tertiary/aromatic N) is 4. The molecule has 1 aliphatic rings. The van der Waals surface area contributed by atoms with E-state index in [2.05, 4.69) is 51.1 Å². The maximum atomic E-state index is 12.3. The molecular formula is C21H29N5O2. The van der Waals surface area contributed by atoms with Gasteiger partial charge in [-0.05, 0) is 36.6 Å². The van der Waals surface area contributed by atoms with Crippen molar-refractivity contribution >= 4 is 17.4 Å². The first-order valence-electron chi connectivity index (χ1n) is 9.81. The summed E-state index contributed by atoms with van der Waals surface area (Å²) in [5.41, 5.74) is 1.61. The number of rotatable bonds is 7. The SMILES string of the molecule is COc1ccc(N2CCN(c3cc(C(=O)NCCC(C)C)ncn3)CC2)cc1. The fraction of sp³-hybridized carbons (Fsp3) is 0.476. The quantitative estimate of drug-likeness (QED) is 0.792. The van der Waals surface area contributed by atoms with E-state index >= 15 is 0 Å². The number of carbonyl (C=O) groups is 1. The highest BCUT2D eigenvalue weighted by molar-refractivity contribution is 5.92. The summed E-state index contributed by atoms with van der Waals surface area (Å²) in [6, 6.07) is 9.91. The van der Waals surface area contributed by atoms with Gasteiger partial charge in [0, 0.05) is 44.5 Å². The fourth-order valence-electron chi connectivity index (χ4n) is 3.20. The Bertz CT molecular complexity index is 771. The lowest BCUT2D eigenvalue weighted by Crippen LogP contribution is -2.47. The van der Waals surface area contributed by atoms with E-state index in [1.807, 2.05) is 12.1 Å². The van der Waals surface area contributed by atoms with E-state index in [9.17, 15) is 4.79 Å². The first-order valence-corrected chi connectivity index (χ1v) is 9.81. The second-order valence-electron chi connectivity index (χ2n) is 7.37. The minimum Gasteiger partial charge on any atom is -0.497 e. The fourth-order valence-corrected chi connectivity index (χ4v) is 3.20. The van der Waals surface area contributed by atoms with Gasteiger partial charge in [-0.3, -0.25) is 4.79 Å². The Morgan fingerprint density at radius 2 is 1.79 bits per heavy atom. The number of methoxy groups -OCH3 is 1. The number of benzene rings is 1. The van der Waals surface area contributed by atoms with E-state index in [4.69, 9.17) is 4.74 Å². The van der Waals surface area contributed by atoms with Crippen LogP contribution in [0.4, 0.5) is 11.5 Å². The van der Waals surface area contributed by atoms with E-state index in [1.54, 1.807) is 13.2 Å². The van der Waals surface area contributed by atoms with E-state index in [0.717, 1.165) is 44.2 Å². The van der Waals surface area contributed by atoms with Crippen molar-refractivity contribution in [1.29, 1.82) is 0 Å². The summed E-state index contributed by atoms with van der Waals surface area (Å²) in [6.45, 7) is 8.42. The predicted octanol–water partition coefficient (Wildman–Crippen LogP) is 2.59. The number of hydrogen-bond acceptors (Lipinski definition) is 6.